The first kappa shape index (κ1) is 10.5. The molecular formula is C13H12N2O. The number of hydrogen-bond donors (Lipinski definition) is 0. The lowest BCUT2D eigenvalue weighted by Gasteiger charge is -2.07. The zero-order valence-electron chi connectivity index (χ0n) is 9.27. The van der Waals surface area contributed by atoms with Crippen molar-refractivity contribution in [2.24, 2.45) is 0 Å². The highest BCUT2D eigenvalue weighted by Crippen LogP contribution is 2.23. The lowest BCUT2D eigenvalue weighted by molar-refractivity contribution is 0.101. The van der Waals surface area contributed by atoms with Crippen LogP contribution in [0.1, 0.15) is 22.8 Å². The number of aromatic nitrogens is 2. The predicted octanol–water partition coefficient (Wildman–Crippen LogP) is 2.65. The molecule has 0 amide bonds. The van der Waals surface area contributed by atoms with E-state index in [2.05, 4.69) is 9.97 Å². The molecule has 0 N–H and O–H groups in total. The molecule has 0 fully saturated rings. The van der Waals surface area contributed by atoms with E-state index in [9.17, 15) is 4.79 Å². The van der Waals surface area contributed by atoms with Crippen LogP contribution in [-0.4, -0.2) is 15.8 Å². The molecule has 2 aromatic rings. The fraction of sp³-hybridized carbons (Fsp3) is 0.154. The van der Waals surface area contributed by atoms with Crippen molar-refractivity contribution in [2.75, 3.05) is 0 Å². The van der Waals surface area contributed by atoms with E-state index in [0.717, 1.165) is 22.3 Å². The van der Waals surface area contributed by atoms with Crippen molar-refractivity contribution in [3.63, 3.8) is 0 Å². The first-order valence-corrected chi connectivity index (χ1v) is 5.05. The zero-order valence-corrected chi connectivity index (χ0v) is 9.27. The van der Waals surface area contributed by atoms with Gasteiger partial charge in [-0.1, -0.05) is 17.7 Å². The lowest BCUT2D eigenvalue weighted by Crippen LogP contribution is -1.97. The van der Waals surface area contributed by atoms with E-state index in [-0.39, 0.29) is 5.78 Å². The van der Waals surface area contributed by atoms with Gasteiger partial charge in [0, 0.05) is 23.5 Å². The van der Waals surface area contributed by atoms with E-state index in [1.807, 2.05) is 25.1 Å². The third-order valence-corrected chi connectivity index (χ3v) is 2.43. The quantitative estimate of drug-likeness (QED) is 0.719. The second kappa shape index (κ2) is 4.23. The smallest absolute Gasteiger partial charge is 0.160 e. The van der Waals surface area contributed by atoms with Gasteiger partial charge in [0.05, 0.1) is 0 Å². The van der Waals surface area contributed by atoms with Gasteiger partial charge in [0.25, 0.3) is 0 Å². The van der Waals surface area contributed by atoms with Crippen LogP contribution in [0.15, 0.2) is 36.9 Å². The SMILES string of the molecule is CC(=O)c1cc(C)ccc1-c1cncnc1. The summed E-state index contributed by atoms with van der Waals surface area (Å²) in [5, 5.41) is 0. The van der Waals surface area contributed by atoms with Gasteiger partial charge in [0.2, 0.25) is 0 Å². The average molecular weight is 212 g/mol. The van der Waals surface area contributed by atoms with Gasteiger partial charge in [-0.3, -0.25) is 4.79 Å². The molecule has 1 heterocycles. The summed E-state index contributed by atoms with van der Waals surface area (Å²) >= 11 is 0. The van der Waals surface area contributed by atoms with Crippen LogP contribution in [-0.2, 0) is 0 Å². The number of ketones is 1. The number of carbonyl (C=O) groups excluding carboxylic acids is 1. The molecule has 1 aromatic carbocycles. The molecule has 16 heavy (non-hydrogen) atoms. The van der Waals surface area contributed by atoms with E-state index >= 15 is 0 Å². The minimum absolute atomic E-state index is 0.0579. The summed E-state index contributed by atoms with van der Waals surface area (Å²) in [6.45, 7) is 3.54. The van der Waals surface area contributed by atoms with Gasteiger partial charge in [-0.05, 0) is 25.5 Å². The summed E-state index contributed by atoms with van der Waals surface area (Å²) in [5.41, 5.74) is 3.55. The molecule has 0 spiro atoms. The Labute approximate surface area is 94.2 Å². The van der Waals surface area contributed by atoms with Crippen molar-refractivity contribution in [1.29, 1.82) is 0 Å². The van der Waals surface area contributed by atoms with Crippen LogP contribution in [0.5, 0.6) is 0 Å². The largest absolute Gasteiger partial charge is 0.294 e. The Hall–Kier alpha value is -2.03. The number of nitrogens with zero attached hydrogens (tertiary/aromatic N) is 2. The monoisotopic (exact) mass is 212 g/mol. The fourth-order valence-electron chi connectivity index (χ4n) is 1.64. The maximum atomic E-state index is 11.6. The predicted molar refractivity (Wildman–Crippen MR) is 62.2 cm³/mol. The minimum atomic E-state index is 0.0579. The Morgan fingerprint density at radius 2 is 1.88 bits per heavy atom. The molecule has 3 nitrogen and oxygen atoms in total. The van der Waals surface area contributed by atoms with E-state index in [4.69, 9.17) is 0 Å². The highest BCUT2D eigenvalue weighted by molar-refractivity contribution is 6.00. The topological polar surface area (TPSA) is 42.9 Å². The second-order valence-electron chi connectivity index (χ2n) is 3.73. The molecule has 0 saturated heterocycles. The summed E-state index contributed by atoms with van der Waals surface area (Å²) in [6, 6.07) is 5.81. The third-order valence-electron chi connectivity index (χ3n) is 2.43. The summed E-state index contributed by atoms with van der Waals surface area (Å²) in [7, 11) is 0. The third kappa shape index (κ3) is 1.98. The van der Waals surface area contributed by atoms with Crippen molar-refractivity contribution in [3.8, 4) is 11.1 Å². The lowest BCUT2D eigenvalue weighted by atomic mass is 9.97. The Kier molecular flexibility index (Phi) is 2.77. The van der Waals surface area contributed by atoms with Crippen LogP contribution >= 0.6 is 0 Å². The van der Waals surface area contributed by atoms with Crippen molar-refractivity contribution < 1.29 is 4.79 Å². The zero-order chi connectivity index (χ0) is 11.5. The van der Waals surface area contributed by atoms with Gasteiger partial charge in [-0.25, -0.2) is 9.97 Å². The summed E-state index contributed by atoms with van der Waals surface area (Å²) in [4.78, 5) is 19.5. The Balaban J connectivity index is 2.61. The first-order valence-electron chi connectivity index (χ1n) is 5.05. The molecule has 0 aliphatic carbocycles. The van der Waals surface area contributed by atoms with Crippen LogP contribution < -0.4 is 0 Å². The molecular weight excluding hydrogens is 200 g/mol. The Morgan fingerprint density at radius 1 is 1.19 bits per heavy atom. The molecule has 2 rings (SSSR count). The van der Waals surface area contributed by atoms with Crippen molar-refractivity contribution in [2.45, 2.75) is 13.8 Å². The molecule has 0 atom stereocenters. The standard InChI is InChI=1S/C13H12N2O/c1-9-3-4-12(13(5-9)10(2)16)11-6-14-8-15-7-11/h3-8H,1-2H3. The normalized spacial score (nSPS) is 10.1. The second-order valence-corrected chi connectivity index (χ2v) is 3.73. The maximum Gasteiger partial charge on any atom is 0.160 e. The number of hydrogen-bond acceptors (Lipinski definition) is 3. The number of benzene rings is 1. The number of Topliss-reactive ketones (excluding diaryl/α,β-unsaturated/α-hetero) is 1. The Morgan fingerprint density at radius 3 is 2.50 bits per heavy atom. The van der Waals surface area contributed by atoms with E-state index in [1.54, 1.807) is 19.3 Å². The van der Waals surface area contributed by atoms with Gasteiger partial charge < -0.3 is 0 Å². The fourth-order valence-corrected chi connectivity index (χ4v) is 1.64. The minimum Gasteiger partial charge on any atom is -0.294 e. The van der Waals surface area contributed by atoms with Gasteiger partial charge in [0.1, 0.15) is 6.33 Å². The number of aryl methyl sites for hydroxylation is 1. The Bertz CT molecular complexity index is 521. The molecule has 0 aliphatic rings. The molecule has 0 radical (unpaired) electrons. The van der Waals surface area contributed by atoms with Gasteiger partial charge in [0.15, 0.2) is 5.78 Å². The summed E-state index contributed by atoms with van der Waals surface area (Å²) < 4.78 is 0. The van der Waals surface area contributed by atoms with Crippen LogP contribution in [0.25, 0.3) is 11.1 Å². The summed E-state index contributed by atoms with van der Waals surface area (Å²) in [6.07, 6.45) is 4.90. The molecule has 0 bridgehead atoms. The van der Waals surface area contributed by atoms with E-state index in [0.29, 0.717) is 0 Å². The van der Waals surface area contributed by atoms with E-state index < -0.39 is 0 Å². The number of rotatable bonds is 2. The van der Waals surface area contributed by atoms with Gasteiger partial charge in [-0.2, -0.15) is 0 Å². The number of carbonyl (C=O) groups is 1. The average Bonchev–Trinajstić information content (AvgIpc) is 2.30. The van der Waals surface area contributed by atoms with Crippen LogP contribution in [0.3, 0.4) is 0 Å². The van der Waals surface area contributed by atoms with Crippen molar-refractivity contribution >= 4 is 5.78 Å². The molecule has 3 heteroatoms. The molecule has 1 aromatic heterocycles. The summed E-state index contributed by atoms with van der Waals surface area (Å²) in [5.74, 6) is 0.0579. The van der Waals surface area contributed by atoms with Crippen LogP contribution in [0.2, 0.25) is 0 Å². The van der Waals surface area contributed by atoms with Crippen LogP contribution in [0.4, 0.5) is 0 Å². The highest BCUT2D eigenvalue weighted by Gasteiger charge is 2.09. The van der Waals surface area contributed by atoms with Crippen molar-refractivity contribution in [1.82, 2.24) is 9.97 Å². The molecule has 0 saturated carbocycles. The van der Waals surface area contributed by atoms with Gasteiger partial charge in [-0.15, -0.1) is 0 Å². The maximum absolute atomic E-state index is 11.6. The molecule has 0 aliphatic heterocycles. The van der Waals surface area contributed by atoms with Crippen molar-refractivity contribution in [3.05, 3.63) is 48.0 Å². The molecule has 80 valence electrons. The van der Waals surface area contributed by atoms with Gasteiger partial charge >= 0.3 is 0 Å². The highest BCUT2D eigenvalue weighted by atomic mass is 16.1. The van der Waals surface area contributed by atoms with Crippen LogP contribution in [0, 0.1) is 6.92 Å². The molecule has 0 unspecified atom stereocenters. The van der Waals surface area contributed by atoms with E-state index in [1.165, 1.54) is 6.33 Å². The first-order chi connectivity index (χ1) is 7.68.